The zero-order chi connectivity index (χ0) is 13.4. The molecule has 0 aliphatic heterocycles. The Hall–Kier alpha value is -1.92. The maximum atomic E-state index is 10.4. The van der Waals surface area contributed by atoms with Crippen LogP contribution in [0.3, 0.4) is 0 Å². The van der Waals surface area contributed by atoms with E-state index in [9.17, 15) is 9.59 Å². The Morgan fingerprint density at radius 1 is 1.24 bits per heavy atom. The minimum absolute atomic E-state index is 0.0186. The van der Waals surface area contributed by atoms with Gasteiger partial charge in [0.25, 0.3) is 0 Å². The number of aliphatic hydroxyl groups excluding tert-OH is 1. The standard InChI is InChI=1S/C8H6O4.C3H9NO/c9-7(10)5-2-1-3-6(4-5)8(11)12;1-3(5)2-4/h1-4H,(H,9,10)(H,11,12);3,5H,2,4H2,1H3. The molecule has 0 saturated carbocycles. The Bertz CT molecular complexity index is 360. The van der Waals surface area contributed by atoms with Crippen LogP contribution in [0.15, 0.2) is 24.3 Å². The number of carboxylic acids is 2. The molecule has 0 fully saturated rings. The number of carbonyl (C=O) groups is 2. The molecule has 0 bridgehead atoms. The molecule has 1 atom stereocenters. The van der Waals surface area contributed by atoms with Crippen LogP contribution in [-0.2, 0) is 0 Å². The molecule has 0 heterocycles. The van der Waals surface area contributed by atoms with E-state index < -0.39 is 11.9 Å². The SMILES string of the molecule is CC(O)CN.O=C(O)c1cccc(C(=O)O)c1. The van der Waals surface area contributed by atoms with Crippen LogP contribution in [-0.4, -0.2) is 39.9 Å². The van der Waals surface area contributed by atoms with Crippen LogP contribution < -0.4 is 5.73 Å². The fraction of sp³-hybridized carbons (Fsp3) is 0.273. The fourth-order valence-corrected chi connectivity index (χ4v) is 0.785. The third kappa shape index (κ3) is 6.29. The van der Waals surface area contributed by atoms with E-state index >= 15 is 0 Å². The molecule has 0 aliphatic carbocycles. The molecule has 5 N–H and O–H groups in total. The van der Waals surface area contributed by atoms with Gasteiger partial charge in [0.1, 0.15) is 0 Å². The van der Waals surface area contributed by atoms with Crippen LogP contribution in [0.5, 0.6) is 0 Å². The smallest absolute Gasteiger partial charge is 0.335 e. The molecule has 1 aromatic carbocycles. The summed E-state index contributed by atoms with van der Waals surface area (Å²) in [5.74, 6) is -2.25. The second-order valence-corrected chi connectivity index (χ2v) is 3.28. The molecule has 6 nitrogen and oxygen atoms in total. The van der Waals surface area contributed by atoms with Crippen molar-refractivity contribution in [3.8, 4) is 0 Å². The largest absolute Gasteiger partial charge is 0.478 e. The van der Waals surface area contributed by atoms with Gasteiger partial charge in [-0.1, -0.05) is 6.07 Å². The molecule has 1 aromatic rings. The number of hydrogen-bond acceptors (Lipinski definition) is 4. The number of carboxylic acid groups (broad SMARTS) is 2. The summed E-state index contributed by atoms with van der Waals surface area (Å²) in [5, 5.41) is 25.2. The topological polar surface area (TPSA) is 121 Å². The van der Waals surface area contributed by atoms with Gasteiger partial charge in [0.2, 0.25) is 0 Å². The Kier molecular flexibility index (Phi) is 6.54. The Balaban J connectivity index is 0.000000437. The monoisotopic (exact) mass is 241 g/mol. The molecule has 0 saturated heterocycles. The summed E-state index contributed by atoms with van der Waals surface area (Å²) in [6, 6.07) is 5.20. The van der Waals surface area contributed by atoms with Gasteiger partial charge in [-0.2, -0.15) is 0 Å². The maximum Gasteiger partial charge on any atom is 0.335 e. The molecule has 0 radical (unpaired) electrons. The number of aliphatic hydroxyl groups is 1. The molecule has 0 aromatic heterocycles. The highest BCUT2D eigenvalue weighted by molar-refractivity contribution is 5.93. The van der Waals surface area contributed by atoms with Gasteiger partial charge >= 0.3 is 11.9 Å². The predicted molar refractivity (Wildman–Crippen MR) is 61.1 cm³/mol. The van der Waals surface area contributed by atoms with Crippen molar-refractivity contribution in [1.82, 2.24) is 0 Å². The first-order chi connectivity index (χ1) is 7.88. The summed E-state index contributed by atoms with van der Waals surface area (Å²) in [5.41, 5.74) is 4.88. The Labute approximate surface area is 98.3 Å². The third-order valence-corrected chi connectivity index (χ3v) is 1.70. The quantitative estimate of drug-likeness (QED) is 0.608. The number of benzene rings is 1. The molecule has 94 valence electrons. The van der Waals surface area contributed by atoms with Gasteiger partial charge in [0, 0.05) is 6.54 Å². The lowest BCUT2D eigenvalue weighted by Gasteiger charge is -1.95. The van der Waals surface area contributed by atoms with Crippen molar-refractivity contribution in [2.24, 2.45) is 5.73 Å². The molecule has 0 spiro atoms. The summed E-state index contributed by atoms with van der Waals surface area (Å²) < 4.78 is 0. The molecule has 1 unspecified atom stereocenters. The van der Waals surface area contributed by atoms with Gasteiger partial charge in [0.05, 0.1) is 17.2 Å². The Morgan fingerprint density at radius 2 is 1.59 bits per heavy atom. The van der Waals surface area contributed by atoms with Crippen LogP contribution in [0.1, 0.15) is 27.6 Å². The number of rotatable bonds is 3. The van der Waals surface area contributed by atoms with Crippen molar-refractivity contribution >= 4 is 11.9 Å². The molecule has 0 aliphatic rings. The summed E-state index contributed by atoms with van der Waals surface area (Å²) in [6.07, 6.45) is -0.338. The van der Waals surface area contributed by atoms with Crippen molar-refractivity contribution < 1.29 is 24.9 Å². The summed E-state index contributed by atoms with van der Waals surface area (Å²) in [6.45, 7) is 2.01. The van der Waals surface area contributed by atoms with E-state index in [1.54, 1.807) is 6.92 Å². The zero-order valence-electron chi connectivity index (χ0n) is 9.33. The average Bonchev–Trinajstić information content (AvgIpc) is 2.29. The lowest BCUT2D eigenvalue weighted by molar-refractivity contribution is 0.0696. The maximum absolute atomic E-state index is 10.4. The van der Waals surface area contributed by atoms with Crippen LogP contribution in [0.25, 0.3) is 0 Å². The van der Waals surface area contributed by atoms with Crippen molar-refractivity contribution in [1.29, 1.82) is 0 Å². The molecule has 17 heavy (non-hydrogen) atoms. The highest BCUT2D eigenvalue weighted by Gasteiger charge is 2.06. The van der Waals surface area contributed by atoms with Gasteiger partial charge in [0.15, 0.2) is 0 Å². The van der Waals surface area contributed by atoms with E-state index in [1.165, 1.54) is 18.2 Å². The second-order valence-electron chi connectivity index (χ2n) is 3.28. The van der Waals surface area contributed by atoms with Crippen LogP contribution in [0, 0.1) is 0 Å². The molecular weight excluding hydrogens is 226 g/mol. The molecular formula is C11H15NO5. The van der Waals surface area contributed by atoms with Gasteiger partial charge in [-0.3, -0.25) is 0 Å². The minimum Gasteiger partial charge on any atom is -0.478 e. The molecule has 6 heteroatoms. The highest BCUT2D eigenvalue weighted by Crippen LogP contribution is 2.04. The van der Waals surface area contributed by atoms with Gasteiger partial charge in [-0.15, -0.1) is 0 Å². The lowest BCUT2D eigenvalue weighted by Crippen LogP contribution is -2.14. The summed E-state index contributed by atoms with van der Waals surface area (Å²) in [7, 11) is 0. The highest BCUT2D eigenvalue weighted by atomic mass is 16.4. The van der Waals surface area contributed by atoms with Crippen LogP contribution >= 0.6 is 0 Å². The van der Waals surface area contributed by atoms with Crippen molar-refractivity contribution in [3.05, 3.63) is 35.4 Å². The Morgan fingerprint density at radius 3 is 1.82 bits per heavy atom. The molecule has 1 rings (SSSR count). The molecule has 0 amide bonds. The van der Waals surface area contributed by atoms with E-state index in [-0.39, 0.29) is 17.2 Å². The average molecular weight is 241 g/mol. The number of hydrogen-bond donors (Lipinski definition) is 4. The van der Waals surface area contributed by atoms with Crippen molar-refractivity contribution in [2.45, 2.75) is 13.0 Å². The summed E-state index contributed by atoms with van der Waals surface area (Å²) in [4.78, 5) is 20.8. The van der Waals surface area contributed by atoms with E-state index in [4.69, 9.17) is 21.1 Å². The third-order valence-electron chi connectivity index (χ3n) is 1.70. The number of aromatic carboxylic acids is 2. The zero-order valence-corrected chi connectivity index (χ0v) is 9.33. The van der Waals surface area contributed by atoms with Crippen LogP contribution in [0.4, 0.5) is 0 Å². The van der Waals surface area contributed by atoms with E-state index in [1.807, 2.05) is 0 Å². The van der Waals surface area contributed by atoms with Crippen LogP contribution in [0.2, 0.25) is 0 Å². The summed E-state index contributed by atoms with van der Waals surface area (Å²) >= 11 is 0. The van der Waals surface area contributed by atoms with Gasteiger partial charge in [-0.25, -0.2) is 9.59 Å². The van der Waals surface area contributed by atoms with Crippen molar-refractivity contribution in [3.63, 3.8) is 0 Å². The normalized spacial score (nSPS) is 11.0. The minimum atomic E-state index is -1.13. The van der Waals surface area contributed by atoms with E-state index in [0.29, 0.717) is 6.54 Å². The predicted octanol–water partition coefficient (Wildman–Crippen LogP) is 0.409. The van der Waals surface area contributed by atoms with E-state index in [2.05, 4.69) is 0 Å². The first-order valence-electron chi connectivity index (χ1n) is 4.83. The lowest BCUT2D eigenvalue weighted by atomic mass is 10.1. The van der Waals surface area contributed by atoms with Crippen molar-refractivity contribution in [2.75, 3.05) is 6.54 Å². The van der Waals surface area contributed by atoms with Gasteiger partial charge in [-0.05, 0) is 25.1 Å². The second kappa shape index (κ2) is 7.37. The first kappa shape index (κ1) is 15.1. The van der Waals surface area contributed by atoms with Gasteiger partial charge < -0.3 is 21.1 Å². The number of nitrogens with two attached hydrogens (primary N) is 1. The van der Waals surface area contributed by atoms with E-state index in [0.717, 1.165) is 6.07 Å². The first-order valence-corrected chi connectivity index (χ1v) is 4.83. The fourth-order valence-electron chi connectivity index (χ4n) is 0.785.